The van der Waals surface area contributed by atoms with Crippen LogP contribution in [0.15, 0.2) is 65.6 Å². The van der Waals surface area contributed by atoms with E-state index in [4.69, 9.17) is 16.3 Å². The molecule has 1 N–H and O–H groups in total. The third-order valence-corrected chi connectivity index (χ3v) is 6.05. The quantitative estimate of drug-likeness (QED) is 0.437. The number of nitrogens with zero attached hydrogens (tertiary/aromatic N) is 4. The lowest BCUT2D eigenvalue weighted by atomic mass is 10.3. The monoisotopic (exact) mass is 473 g/mol. The maximum Gasteiger partial charge on any atom is 0.261 e. The van der Waals surface area contributed by atoms with Crippen molar-refractivity contribution in [2.75, 3.05) is 4.72 Å². The fraction of sp³-hybridized carbons (Fsp3) is 0.0952. The van der Waals surface area contributed by atoms with E-state index in [-0.39, 0.29) is 15.8 Å². The molecule has 0 aliphatic carbocycles. The maximum atomic E-state index is 13.3. The highest BCUT2D eigenvalue weighted by Gasteiger charge is 2.16. The summed E-state index contributed by atoms with van der Waals surface area (Å²) in [6, 6.07) is 14.7. The van der Waals surface area contributed by atoms with Crippen LogP contribution in [0.5, 0.6) is 11.6 Å². The number of anilines is 1. The van der Waals surface area contributed by atoms with Crippen LogP contribution in [0.1, 0.15) is 11.4 Å². The molecule has 0 spiro atoms. The minimum Gasteiger partial charge on any atom is -0.438 e. The molecule has 0 fully saturated rings. The average Bonchev–Trinajstić information content (AvgIpc) is 3.09. The first-order valence-electron chi connectivity index (χ1n) is 9.34. The molecule has 0 atom stereocenters. The molecule has 8 nitrogen and oxygen atoms in total. The first kappa shape index (κ1) is 21.7. The third-order valence-electron chi connectivity index (χ3n) is 4.38. The summed E-state index contributed by atoms with van der Waals surface area (Å²) in [4.78, 5) is -0.151. The highest BCUT2D eigenvalue weighted by molar-refractivity contribution is 7.92. The lowest BCUT2D eigenvalue weighted by molar-refractivity contribution is 0.454. The van der Waals surface area contributed by atoms with E-state index in [1.54, 1.807) is 28.9 Å². The Morgan fingerprint density at radius 2 is 1.75 bits per heavy atom. The molecule has 0 saturated carbocycles. The first-order valence-corrected chi connectivity index (χ1v) is 11.2. The second kappa shape index (κ2) is 8.56. The molecule has 0 unspecified atom stereocenters. The predicted molar refractivity (Wildman–Crippen MR) is 117 cm³/mol. The molecular formula is C21H17ClFN5O3S. The first-order chi connectivity index (χ1) is 15.2. The molecule has 2 heterocycles. The zero-order valence-electron chi connectivity index (χ0n) is 17.0. The van der Waals surface area contributed by atoms with Crippen LogP contribution in [-0.2, 0) is 10.0 Å². The molecule has 164 valence electrons. The smallest absolute Gasteiger partial charge is 0.261 e. The fourth-order valence-electron chi connectivity index (χ4n) is 2.91. The van der Waals surface area contributed by atoms with Crippen molar-refractivity contribution >= 4 is 27.3 Å². The van der Waals surface area contributed by atoms with Gasteiger partial charge in [0.15, 0.2) is 5.82 Å². The van der Waals surface area contributed by atoms with Gasteiger partial charge in [-0.1, -0.05) is 11.6 Å². The number of hydrogen-bond acceptors (Lipinski definition) is 6. The zero-order valence-corrected chi connectivity index (χ0v) is 18.5. The van der Waals surface area contributed by atoms with Gasteiger partial charge >= 0.3 is 0 Å². The molecular weight excluding hydrogens is 457 g/mol. The van der Waals surface area contributed by atoms with Crippen molar-refractivity contribution in [1.82, 2.24) is 20.0 Å². The van der Waals surface area contributed by atoms with Gasteiger partial charge in [-0.25, -0.2) is 17.5 Å². The molecule has 0 amide bonds. The fourth-order valence-corrected chi connectivity index (χ4v) is 4.24. The zero-order chi connectivity index (χ0) is 22.9. The number of benzene rings is 2. The Balaban J connectivity index is 1.44. The Bertz CT molecular complexity index is 1370. The van der Waals surface area contributed by atoms with E-state index >= 15 is 0 Å². The van der Waals surface area contributed by atoms with Crippen LogP contribution in [0.25, 0.3) is 5.82 Å². The molecule has 11 heteroatoms. The van der Waals surface area contributed by atoms with E-state index in [0.29, 0.717) is 17.3 Å². The van der Waals surface area contributed by atoms with E-state index in [0.717, 1.165) is 29.6 Å². The standard InChI is InChI=1S/C21H17ClFN5O3S/c1-13-11-14(2)28(26-13)20-9-10-21(25-24-20)31-16-5-3-15(4-6-16)27-32(29,30)17-7-8-19(23)18(22)12-17/h3-12,27H,1-2H3. The van der Waals surface area contributed by atoms with Crippen molar-refractivity contribution in [1.29, 1.82) is 0 Å². The Morgan fingerprint density at radius 1 is 1.00 bits per heavy atom. The molecule has 0 saturated heterocycles. The molecule has 0 radical (unpaired) electrons. The normalized spacial score (nSPS) is 11.4. The van der Waals surface area contributed by atoms with Crippen LogP contribution in [0, 0.1) is 19.7 Å². The number of aromatic nitrogens is 4. The van der Waals surface area contributed by atoms with Crippen molar-refractivity contribution in [3.05, 3.63) is 82.9 Å². The molecule has 4 aromatic rings. The molecule has 0 aliphatic rings. The summed E-state index contributed by atoms with van der Waals surface area (Å²) in [6.45, 7) is 3.82. The molecule has 2 aromatic heterocycles. The van der Waals surface area contributed by atoms with Gasteiger partial charge in [-0.05, 0) is 68.4 Å². The number of halogens is 2. The Morgan fingerprint density at radius 3 is 2.34 bits per heavy atom. The average molecular weight is 474 g/mol. The Labute approximate surface area is 188 Å². The van der Waals surface area contributed by atoms with Crippen LogP contribution in [0.2, 0.25) is 5.02 Å². The molecule has 0 bridgehead atoms. The van der Waals surface area contributed by atoms with E-state index in [1.807, 2.05) is 19.9 Å². The topological polar surface area (TPSA) is 99.0 Å². The van der Waals surface area contributed by atoms with Crippen molar-refractivity contribution in [3.63, 3.8) is 0 Å². The number of nitrogens with one attached hydrogen (secondary N) is 1. The molecule has 2 aromatic carbocycles. The van der Waals surface area contributed by atoms with Gasteiger partial charge < -0.3 is 4.74 Å². The second-order valence-electron chi connectivity index (χ2n) is 6.88. The van der Waals surface area contributed by atoms with Gasteiger partial charge in [0.2, 0.25) is 5.88 Å². The van der Waals surface area contributed by atoms with Gasteiger partial charge in [-0.15, -0.1) is 10.2 Å². The van der Waals surface area contributed by atoms with Crippen LogP contribution >= 0.6 is 11.6 Å². The van der Waals surface area contributed by atoms with E-state index in [2.05, 4.69) is 20.0 Å². The molecule has 32 heavy (non-hydrogen) atoms. The van der Waals surface area contributed by atoms with Gasteiger partial charge in [0.1, 0.15) is 11.6 Å². The van der Waals surface area contributed by atoms with E-state index in [1.165, 1.54) is 12.1 Å². The van der Waals surface area contributed by atoms with Gasteiger partial charge in [0.05, 0.1) is 15.6 Å². The van der Waals surface area contributed by atoms with Crippen molar-refractivity contribution in [2.45, 2.75) is 18.7 Å². The van der Waals surface area contributed by atoms with Gasteiger partial charge in [-0.2, -0.15) is 5.10 Å². The Kier molecular flexibility index (Phi) is 5.81. The van der Waals surface area contributed by atoms with Gasteiger partial charge in [0.25, 0.3) is 10.0 Å². The minimum atomic E-state index is -3.93. The predicted octanol–water partition coefficient (Wildman–Crippen LogP) is 4.66. The summed E-state index contributed by atoms with van der Waals surface area (Å²) in [5, 5.41) is 12.3. The van der Waals surface area contributed by atoms with Crippen LogP contribution in [-0.4, -0.2) is 28.4 Å². The number of ether oxygens (including phenoxy) is 1. The summed E-state index contributed by atoms with van der Waals surface area (Å²) in [6.07, 6.45) is 0. The highest BCUT2D eigenvalue weighted by Crippen LogP contribution is 2.25. The summed E-state index contributed by atoms with van der Waals surface area (Å²) in [5.74, 6) is 0.572. The number of rotatable bonds is 6. The Hall–Kier alpha value is -3.50. The highest BCUT2D eigenvalue weighted by atomic mass is 35.5. The van der Waals surface area contributed by atoms with Crippen LogP contribution in [0.4, 0.5) is 10.1 Å². The lowest BCUT2D eigenvalue weighted by Crippen LogP contribution is -2.13. The van der Waals surface area contributed by atoms with E-state index < -0.39 is 15.8 Å². The minimum absolute atomic E-state index is 0.151. The van der Waals surface area contributed by atoms with Crippen LogP contribution < -0.4 is 9.46 Å². The molecule has 4 rings (SSSR count). The number of hydrogen-bond donors (Lipinski definition) is 1. The van der Waals surface area contributed by atoms with Gasteiger partial charge in [0, 0.05) is 17.4 Å². The SMILES string of the molecule is Cc1cc(C)n(-c2ccc(Oc3ccc(NS(=O)(=O)c4ccc(F)c(Cl)c4)cc3)nn2)n1. The largest absolute Gasteiger partial charge is 0.438 e. The maximum absolute atomic E-state index is 13.3. The summed E-state index contributed by atoms with van der Waals surface area (Å²) >= 11 is 5.67. The van der Waals surface area contributed by atoms with Crippen molar-refractivity contribution in [2.24, 2.45) is 0 Å². The summed E-state index contributed by atoms with van der Waals surface area (Å²) in [5.41, 5.74) is 2.11. The molecule has 0 aliphatic heterocycles. The van der Waals surface area contributed by atoms with Gasteiger partial charge in [-0.3, -0.25) is 4.72 Å². The summed E-state index contributed by atoms with van der Waals surface area (Å²) < 4.78 is 48.0. The van der Waals surface area contributed by atoms with Crippen molar-refractivity contribution < 1.29 is 17.5 Å². The third kappa shape index (κ3) is 4.71. The second-order valence-corrected chi connectivity index (χ2v) is 8.97. The van der Waals surface area contributed by atoms with Crippen molar-refractivity contribution in [3.8, 4) is 17.4 Å². The number of sulfonamides is 1. The summed E-state index contributed by atoms with van der Waals surface area (Å²) in [7, 11) is -3.93. The van der Waals surface area contributed by atoms with E-state index in [9.17, 15) is 12.8 Å². The lowest BCUT2D eigenvalue weighted by Gasteiger charge is -2.10. The van der Waals surface area contributed by atoms with Crippen LogP contribution in [0.3, 0.4) is 0 Å². The number of aryl methyl sites for hydroxylation is 2.